The molecule has 0 aliphatic heterocycles. The lowest BCUT2D eigenvalue weighted by atomic mass is 10.1. The molecule has 1 atom stereocenters. The second-order valence-corrected chi connectivity index (χ2v) is 3.16. The van der Waals surface area contributed by atoms with Gasteiger partial charge >= 0.3 is 0 Å². The average molecular weight is 196 g/mol. The maximum absolute atomic E-state index is 9.70. The summed E-state index contributed by atoms with van der Waals surface area (Å²) in [6.07, 6.45) is 0.666. The lowest BCUT2D eigenvalue weighted by Crippen LogP contribution is -1.99. The average Bonchev–Trinajstić information content (AvgIpc) is 2.26. The Morgan fingerprint density at radius 3 is 2.86 bits per heavy atom. The summed E-state index contributed by atoms with van der Waals surface area (Å²) in [5.74, 6) is 0.741. The lowest BCUT2D eigenvalue weighted by Gasteiger charge is -2.10. The van der Waals surface area contributed by atoms with Crippen LogP contribution in [0.25, 0.3) is 0 Å². The molecule has 0 aliphatic carbocycles. The summed E-state index contributed by atoms with van der Waals surface area (Å²) in [4.78, 5) is 0. The van der Waals surface area contributed by atoms with Crippen LogP contribution < -0.4 is 4.74 Å². The van der Waals surface area contributed by atoms with Crippen LogP contribution in [0.5, 0.6) is 5.75 Å². The van der Waals surface area contributed by atoms with E-state index in [0.717, 1.165) is 11.3 Å². The van der Waals surface area contributed by atoms with Crippen LogP contribution in [0.2, 0.25) is 0 Å². The van der Waals surface area contributed by atoms with Crippen molar-refractivity contribution in [1.82, 2.24) is 0 Å². The third-order valence-corrected chi connectivity index (χ3v) is 2.11. The van der Waals surface area contributed by atoms with Crippen molar-refractivity contribution in [3.63, 3.8) is 0 Å². The number of hydrogen-bond donors (Lipinski definition) is 2. The van der Waals surface area contributed by atoms with E-state index in [4.69, 9.17) is 9.84 Å². The topological polar surface area (TPSA) is 49.7 Å². The molecule has 1 aromatic carbocycles. The molecule has 0 aromatic heterocycles. The minimum absolute atomic E-state index is 0.112. The molecule has 14 heavy (non-hydrogen) atoms. The Kier molecular flexibility index (Phi) is 4.43. The van der Waals surface area contributed by atoms with Gasteiger partial charge in [-0.3, -0.25) is 0 Å². The first-order chi connectivity index (χ1) is 6.77. The fourth-order valence-electron chi connectivity index (χ4n) is 1.30. The van der Waals surface area contributed by atoms with Gasteiger partial charge in [-0.25, -0.2) is 0 Å². The van der Waals surface area contributed by atoms with Crippen LogP contribution in [0, 0.1) is 0 Å². The number of aliphatic hydroxyl groups is 2. The molecule has 0 fully saturated rings. The van der Waals surface area contributed by atoms with Crippen LogP contribution in [0.3, 0.4) is 0 Å². The Labute approximate surface area is 84.0 Å². The van der Waals surface area contributed by atoms with Crippen molar-refractivity contribution in [3.8, 4) is 5.75 Å². The molecule has 0 radical (unpaired) electrons. The largest absolute Gasteiger partial charge is 0.497 e. The van der Waals surface area contributed by atoms with Gasteiger partial charge in [0.2, 0.25) is 0 Å². The molecule has 3 nitrogen and oxygen atoms in total. The molecule has 0 amide bonds. The fourth-order valence-corrected chi connectivity index (χ4v) is 1.30. The standard InChI is InChI=1S/C11H16O3/c1-14-10-5-2-4-9(8-10)11(13)6-3-7-12/h2,4-5,8,11-13H,3,6-7H2,1H3. The van der Waals surface area contributed by atoms with E-state index >= 15 is 0 Å². The SMILES string of the molecule is COc1cccc(C(O)CCCO)c1. The molecule has 1 unspecified atom stereocenters. The molecule has 2 N–H and O–H groups in total. The van der Waals surface area contributed by atoms with Crippen LogP contribution in [0.15, 0.2) is 24.3 Å². The Bertz CT molecular complexity index is 273. The van der Waals surface area contributed by atoms with Crippen LogP contribution in [0.1, 0.15) is 24.5 Å². The Morgan fingerprint density at radius 2 is 2.21 bits per heavy atom. The third kappa shape index (κ3) is 3.01. The smallest absolute Gasteiger partial charge is 0.119 e. The normalized spacial score (nSPS) is 12.5. The van der Waals surface area contributed by atoms with Gasteiger partial charge in [-0.2, -0.15) is 0 Å². The van der Waals surface area contributed by atoms with Gasteiger partial charge in [0.1, 0.15) is 5.75 Å². The summed E-state index contributed by atoms with van der Waals surface area (Å²) in [5, 5.41) is 18.3. The molecule has 0 bridgehead atoms. The van der Waals surface area contributed by atoms with E-state index in [1.165, 1.54) is 0 Å². The maximum atomic E-state index is 9.70. The summed E-state index contributed by atoms with van der Waals surface area (Å²) in [7, 11) is 1.60. The van der Waals surface area contributed by atoms with Gasteiger partial charge in [0.25, 0.3) is 0 Å². The van der Waals surface area contributed by atoms with Crippen molar-refractivity contribution in [2.75, 3.05) is 13.7 Å². The minimum atomic E-state index is -0.516. The van der Waals surface area contributed by atoms with Crippen LogP contribution >= 0.6 is 0 Å². The maximum Gasteiger partial charge on any atom is 0.119 e. The molecule has 0 saturated heterocycles. The summed E-state index contributed by atoms with van der Waals surface area (Å²) in [6.45, 7) is 0.112. The Balaban J connectivity index is 2.64. The van der Waals surface area contributed by atoms with Crippen molar-refractivity contribution in [3.05, 3.63) is 29.8 Å². The zero-order valence-electron chi connectivity index (χ0n) is 8.31. The number of benzene rings is 1. The monoisotopic (exact) mass is 196 g/mol. The zero-order valence-corrected chi connectivity index (χ0v) is 8.31. The van der Waals surface area contributed by atoms with Gasteiger partial charge in [-0.1, -0.05) is 12.1 Å². The second kappa shape index (κ2) is 5.62. The number of rotatable bonds is 5. The van der Waals surface area contributed by atoms with E-state index in [1.54, 1.807) is 7.11 Å². The fraction of sp³-hybridized carbons (Fsp3) is 0.455. The summed E-state index contributed by atoms with van der Waals surface area (Å²) >= 11 is 0. The summed E-state index contributed by atoms with van der Waals surface area (Å²) < 4.78 is 5.05. The van der Waals surface area contributed by atoms with Gasteiger partial charge < -0.3 is 14.9 Å². The Hall–Kier alpha value is -1.06. The molecular formula is C11H16O3. The van der Waals surface area contributed by atoms with Gasteiger partial charge in [-0.05, 0) is 30.5 Å². The van der Waals surface area contributed by atoms with Crippen molar-refractivity contribution in [2.45, 2.75) is 18.9 Å². The molecule has 0 spiro atoms. The van der Waals surface area contributed by atoms with E-state index in [0.29, 0.717) is 12.8 Å². The molecule has 1 rings (SSSR count). The molecule has 0 saturated carbocycles. The van der Waals surface area contributed by atoms with Gasteiger partial charge in [0.05, 0.1) is 13.2 Å². The number of ether oxygens (including phenoxy) is 1. The lowest BCUT2D eigenvalue weighted by molar-refractivity contribution is 0.151. The first-order valence-electron chi connectivity index (χ1n) is 4.71. The quantitative estimate of drug-likeness (QED) is 0.750. The van der Waals surface area contributed by atoms with E-state index < -0.39 is 6.10 Å². The predicted octanol–water partition coefficient (Wildman–Crippen LogP) is 1.50. The molecule has 0 heterocycles. The number of aliphatic hydroxyl groups excluding tert-OH is 2. The number of methoxy groups -OCH3 is 1. The highest BCUT2D eigenvalue weighted by atomic mass is 16.5. The molecule has 78 valence electrons. The van der Waals surface area contributed by atoms with E-state index in [9.17, 15) is 5.11 Å². The van der Waals surface area contributed by atoms with Crippen molar-refractivity contribution < 1.29 is 14.9 Å². The van der Waals surface area contributed by atoms with Crippen molar-refractivity contribution in [1.29, 1.82) is 0 Å². The number of hydrogen-bond acceptors (Lipinski definition) is 3. The highest BCUT2D eigenvalue weighted by Crippen LogP contribution is 2.22. The predicted molar refractivity (Wildman–Crippen MR) is 54.3 cm³/mol. The van der Waals surface area contributed by atoms with Crippen molar-refractivity contribution in [2.24, 2.45) is 0 Å². The first-order valence-corrected chi connectivity index (χ1v) is 4.71. The highest BCUT2D eigenvalue weighted by molar-refractivity contribution is 5.29. The Morgan fingerprint density at radius 1 is 1.43 bits per heavy atom. The van der Waals surface area contributed by atoms with Gasteiger partial charge in [-0.15, -0.1) is 0 Å². The first kappa shape index (κ1) is 11.0. The van der Waals surface area contributed by atoms with E-state index in [2.05, 4.69) is 0 Å². The van der Waals surface area contributed by atoms with Crippen molar-refractivity contribution >= 4 is 0 Å². The van der Waals surface area contributed by atoms with Crippen LogP contribution in [-0.2, 0) is 0 Å². The molecule has 0 aliphatic rings. The van der Waals surface area contributed by atoms with Crippen LogP contribution in [0.4, 0.5) is 0 Å². The molecular weight excluding hydrogens is 180 g/mol. The summed E-state index contributed by atoms with van der Waals surface area (Å²) in [6, 6.07) is 7.34. The second-order valence-electron chi connectivity index (χ2n) is 3.16. The van der Waals surface area contributed by atoms with E-state index in [-0.39, 0.29) is 6.61 Å². The van der Waals surface area contributed by atoms with E-state index in [1.807, 2.05) is 24.3 Å². The van der Waals surface area contributed by atoms with Crippen LogP contribution in [-0.4, -0.2) is 23.9 Å². The highest BCUT2D eigenvalue weighted by Gasteiger charge is 2.07. The molecule has 3 heteroatoms. The third-order valence-electron chi connectivity index (χ3n) is 2.11. The van der Waals surface area contributed by atoms with Gasteiger partial charge in [0.15, 0.2) is 0 Å². The zero-order chi connectivity index (χ0) is 10.4. The minimum Gasteiger partial charge on any atom is -0.497 e. The molecule has 1 aromatic rings. The van der Waals surface area contributed by atoms with Gasteiger partial charge in [0, 0.05) is 6.61 Å². The summed E-state index contributed by atoms with van der Waals surface area (Å²) in [5.41, 5.74) is 0.831.